The molecule has 0 radical (unpaired) electrons. The lowest BCUT2D eigenvalue weighted by Gasteiger charge is -2.08. The first-order chi connectivity index (χ1) is 10.6. The molecule has 22 heavy (non-hydrogen) atoms. The molecule has 0 atom stereocenters. The summed E-state index contributed by atoms with van der Waals surface area (Å²) >= 11 is 0. The van der Waals surface area contributed by atoms with E-state index in [0.717, 1.165) is 0 Å². The van der Waals surface area contributed by atoms with Crippen LogP contribution in [0.2, 0.25) is 0 Å². The van der Waals surface area contributed by atoms with Crippen molar-refractivity contribution >= 4 is 0 Å². The third-order valence-electron chi connectivity index (χ3n) is 3.13. The summed E-state index contributed by atoms with van der Waals surface area (Å²) in [5.41, 5.74) is 0.494. The van der Waals surface area contributed by atoms with Crippen LogP contribution in [0.1, 0.15) is 0 Å². The largest absolute Gasteiger partial charge is 0.507 e. The lowest BCUT2D eigenvalue weighted by molar-refractivity contribution is 0.453. The molecule has 0 amide bonds. The summed E-state index contributed by atoms with van der Waals surface area (Å²) in [7, 11) is 0. The maximum absolute atomic E-state index is 9.87. The minimum absolute atomic E-state index is 0.0913. The van der Waals surface area contributed by atoms with Crippen LogP contribution in [0.3, 0.4) is 0 Å². The zero-order valence-corrected chi connectivity index (χ0v) is 11.2. The Morgan fingerprint density at radius 2 is 0.955 bits per heavy atom. The average Bonchev–Trinajstić information content (AvgIpc) is 2.47. The average molecular weight is 297 g/mol. The predicted octanol–water partition coefficient (Wildman–Crippen LogP) is 2.03. The second-order valence-electron chi connectivity index (χ2n) is 4.55. The van der Waals surface area contributed by atoms with Gasteiger partial charge in [0, 0.05) is 0 Å². The number of aromatic hydroxyl groups is 4. The van der Waals surface area contributed by atoms with E-state index in [1.807, 2.05) is 0 Å². The Hall–Kier alpha value is -3.35. The van der Waals surface area contributed by atoms with Crippen LogP contribution in [0, 0.1) is 0 Å². The molecule has 0 aliphatic carbocycles. The molecule has 0 saturated carbocycles. The molecule has 0 fully saturated rings. The molecule has 0 unspecified atom stereocenters. The van der Waals surface area contributed by atoms with Crippen molar-refractivity contribution in [1.29, 1.82) is 0 Å². The standard InChI is InChI=1S/C15H11N3O4/c19-10-3-1-4-11(20)14(10)8-7-9(17-18-16-8)15-12(21)5-2-6-13(15)22/h1-7,19-22H. The normalized spacial score (nSPS) is 10.5. The summed E-state index contributed by atoms with van der Waals surface area (Å²) in [6.07, 6.45) is 0. The molecule has 0 aliphatic rings. The number of hydrogen-bond donors (Lipinski definition) is 4. The van der Waals surface area contributed by atoms with Gasteiger partial charge in [-0.05, 0) is 35.5 Å². The third-order valence-corrected chi connectivity index (χ3v) is 3.13. The van der Waals surface area contributed by atoms with Gasteiger partial charge >= 0.3 is 0 Å². The molecule has 0 bridgehead atoms. The molecule has 0 saturated heterocycles. The van der Waals surface area contributed by atoms with E-state index in [2.05, 4.69) is 15.4 Å². The van der Waals surface area contributed by atoms with Gasteiger partial charge in [-0.1, -0.05) is 12.1 Å². The van der Waals surface area contributed by atoms with Crippen molar-refractivity contribution in [3.63, 3.8) is 0 Å². The molecule has 0 spiro atoms. The second-order valence-corrected chi connectivity index (χ2v) is 4.55. The molecular weight excluding hydrogens is 286 g/mol. The Balaban J connectivity index is 2.19. The van der Waals surface area contributed by atoms with Crippen molar-refractivity contribution in [2.24, 2.45) is 0 Å². The first kappa shape index (κ1) is 13.6. The van der Waals surface area contributed by atoms with Gasteiger partial charge in [0.05, 0.1) is 11.1 Å². The number of benzene rings is 2. The molecule has 1 aromatic heterocycles. The van der Waals surface area contributed by atoms with Crippen LogP contribution in [-0.2, 0) is 0 Å². The molecule has 3 rings (SSSR count). The van der Waals surface area contributed by atoms with Crippen molar-refractivity contribution < 1.29 is 20.4 Å². The first-order valence-electron chi connectivity index (χ1n) is 6.31. The monoisotopic (exact) mass is 297 g/mol. The van der Waals surface area contributed by atoms with Crippen LogP contribution >= 0.6 is 0 Å². The number of phenolic OH excluding ortho intramolecular Hbond substituents is 4. The van der Waals surface area contributed by atoms with E-state index in [-0.39, 0.29) is 45.5 Å². The highest BCUT2D eigenvalue weighted by atomic mass is 16.3. The van der Waals surface area contributed by atoms with Crippen molar-refractivity contribution in [3.8, 4) is 45.5 Å². The third kappa shape index (κ3) is 2.24. The maximum atomic E-state index is 9.87. The van der Waals surface area contributed by atoms with Gasteiger partial charge in [-0.15, -0.1) is 10.2 Å². The lowest BCUT2D eigenvalue weighted by atomic mass is 10.1. The summed E-state index contributed by atoms with van der Waals surface area (Å²) in [5, 5.41) is 50.6. The van der Waals surface area contributed by atoms with E-state index < -0.39 is 0 Å². The highest BCUT2D eigenvalue weighted by Gasteiger charge is 2.16. The predicted molar refractivity (Wildman–Crippen MR) is 77.4 cm³/mol. The SMILES string of the molecule is Oc1cccc(O)c1-c1cc(-c2c(O)cccc2O)nnn1. The van der Waals surface area contributed by atoms with E-state index >= 15 is 0 Å². The van der Waals surface area contributed by atoms with Gasteiger partial charge < -0.3 is 20.4 Å². The summed E-state index contributed by atoms with van der Waals surface area (Å²) in [6, 6.07) is 9.96. The number of aromatic nitrogens is 3. The smallest absolute Gasteiger partial charge is 0.128 e. The zero-order chi connectivity index (χ0) is 15.7. The summed E-state index contributed by atoms with van der Waals surface area (Å²) in [4.78, 5) is 0. The fraction of sp³-hybridized carbons (Fsp3) is 0. The summed E-state index contributed by atoms with van der Waals surface area (Å²) in [5.74, 6) is -0.693. The molecule has 2 aromatic carbocycles. The van der Waals surface area contributed by atoms with Gasteiger partial charge in [0.1, 0.15) is 34.4 Å². The molecule has 1 heterocycles. The minimum atomic E-state index is -0.173. The van der Waals surface area contributed by atoms with Crippen LogP contribution in [0.25, 0.3) is 22.5 Å². The van der Waals surface area contributed by atoms with Crippen molar-refractivity contribution in [1.82, 2.24) is 15.4 Å². The van der Waals surface area contributed by atoms with Crippen LogP contribution in [0.15, 0.2) is 42.5 Å². The minimum Gasteiger partial charge on any atom is -0.507 e. The van der Waals surface area contributed by atoms with E-state index in [9.17, 15) is 20.4 Å². The van der Waals surface area contributed by atoms with E-state index in [0.29, 0.717) is 0 Å². The van der Waals surface area contributed by atoms with Crippen LogP contribution < -0.4 is 0 Å². The summed E-state index contributed by atoms with van der Waals surface area (Å²) in [6.45, 7) is 0. The topological polar surface area (TPSA) is 120 Å². The van der Waals surface area contributed by atoms with Gasteiger partial charge in [0.25, 0.3) is 0 Å². The van der Waals surface area contributed by atoms with Crippen LogP contribution in [0.5, 0.6) is 23.0 Å². The fourth-order valence-corrected chi connectivity index (χ4v) is 2.13. The molecule has 0 aliphatic heterocycles. The first-order valence-corrected chi connectivity index (χ1v) is 6.31. The molecule has 3 aromatic rings. The Bertz CT molecular complexity index is 745. The van der Waals surface area contributed by atoms with Crippen molar-refractivity contribution in [3.05, 3.63) is 42.5 Å². The van der Waals surface area contributed by atoms with Gasteiger partial charge in [-0.2, -0.15) is 0 Å². The maximum Gasteiger partial charge on any atom is 0.128 e. The van der Waals surface area contributed by atoms with Crippen LogP contribution in [0.4, 0.5) is 0 Å². The number of rotatable bonds is 2. The second kappa shape index (κ2) is 5.21. The van der Waals surface area contributed by atoms with E-state index in [1.54, 1.807) is 0 Å². The summed E-state index contributed by atoms with van der Waals surface area (Å²) < 4.78 is 0. The Morgan fingerprint density at radius 3 is 1.32 bits per heavy atom. The molecular formula is C15H11N3O4. The molecule has 7 heteroatoms. The quantitative estimate of drug-likeness (QED) is 0.571. The molecule has 4 N–H and O–H groups in total. The Morgan fingerprint density at radius 1 is 0.591 bits per heavy atom. The van der Waals surface area contributed by atoms with Gasteiger partial charge in [0.2, 0.25) is 0 Å². The van der Waals surface area contributed by atoms with Gasteiger partial charge in [0.15, 0.2) is 0 Å². The molecule has 110 valence electrons. The van der Waals surface area contributed by atoms with Crippen molar-refractivity contribution in [2.45, 2.75) is 0 Å². The Kier molecular flexibility index (Phi) is 3.23. The number of phenols is 4. The van der Waals surface area contributed by atoms with Crippen LogP contribution in [-0.4, -0.2) is 35.8 Å². The number of hydrogen-bond acceptors (Lipinski definition) is 7. The van der Waals surface area contributed by atoms with Gasteiger partial charge in [-0.25, -0.2) is 0 Å². The van der Waals surface area contributed by atoms with E-state index in [1.165, 1.54) is 42.5 Å². The highest BCUT2D eigenvalue weighted by molar-refractivity contribution is 5.79. The van der Waals surface area contributed by atoms with Gasteiger partial charge in [-0.3, -0.25) is 0 Å². The van der Waals surface area contributed by atoms with E-state index in [4.69, 9.17) is 0 Å². The lowest BCUT2D eigenvalue weighted by Crippen LogP contribution is -1.95. The Labute approximate surface area is 124 Å². The fourth-order valence-electron chi connectivity index (χ4n) is 2.13. The molecule has 7 nitrogen and oxygen atoms in total. The highest BCUT2D eigenvalue weighted by Crippen LogP contribution is 2.39. The van der Waals surface area contributed by atoms with Crippen molar-refractivity contribution in [2.75, 3.05) is 0 Å². The zero-order valence-electron chi connectivity index (χ0n) is 11.2. The number of nitrogens with zero attached hydrogens (tertiary/aromatic N) is 3.